The van der Waals surface area contributed by atoms with Gasteiger partial charge in [0.15, 0.2) is 0 Å². The Labute approximate surface area is 116 Å². The Hall–Kier alpha value is -1.16. The Morgan fingerprint density at radius 2 is 2.21 bits per heavy atom. The molecule has 19 heavy (non-hydrogen) atoms. The third-order valence-corrected chi connectivity index (χ3v) is 3.79. The van der Waals surface area contributed by atoms with Gasteiger partial charge in [0, 0.05) is 24.7 Å². The first kappa shape index (κ1) is 14.3. The summed E-state index contributed by atoms with van der Waals surface area (Å²) in [5.41, 5.74) is 6.86. The highest BCUT2D eigenvalue weighted by molar-refractivity contribution is 5.32. The van der Waals surface area contributed by atoms with Crippen LogP contribution in [0.3, 0.4) is 0 Å². The van der Waals surface area contributed by atoms with Crippen LogP contribution >= 0.6 is 0 Å². The van der Waals surface area contributed by atoms with Crippen LogP contribution in [0.2, 0.25) is 0 Å². The zero-order chi connectivity index (χ0) is 13.9. The molecule has 2 N–H and O–H groups in total. The van der Waals surface area contributed by atoms with Gasteiger partial charge in [-0.25, -0.2) is 9.97 Å². The quantitative estimate of drug-likeness (QED) is 0.908. The molecule has 2 rings (SSSR count). The summed E-state index contributed by atoms with van der Waals surface area (Å²) in [4.78, 5) is 11.5. The van der Waals surface area contributed by atoms with Crippen molar-refractivity contribution in [2.24, 2.45) is 11.7 Å². The number of nitrogens with zero attached hydrogens (tertiary/aromatic N) is 3. The molecule has 1 aliphatic heterocycles. The highest BCUT2D eigenvalue weighted by atomic mass is 15.3. The highest BCUT2D eigenvalue weighted by Gasteiger charge is 2.23. The molecule has 0 radical (unpaired) electrons. The fraction of sp³-hybridized carbons (Fsp3) is 0.733. The molecule has 1 saturated heterocycles. The fourth-order valence-electron chi connectivity index (χ4n) is 2.64. The topological polar surface area (TPSA) is 55.0 Å². The summed E-state index contributed by atoms with van der Waals surface area (Å²) < 4.78 is 0. The predicted molar refractivity (Wildman–Crippen MR) is 79.3 cm³/mol. The summed E-state index contributed by atoms with van der Waals surface area (Å²) >= 11 is 0. The first-order valence-corrected chi connectivity index (χ1v) is 7.29. The molecule has 0 saturated carbocycles. The highest BCUT2D eigenvalue weighted by Crippen LogP contribution is 2.25. The average molecular weight is 262 g/mol. The molecule has 106 valence electrons. The van der Waals surface area contributed by atoms with Crippen molar-refractivity contribution < 1.29 is 0 Å². The van der Waals surface area contributed by atoms with Gasteiger partial charge in [-0.05, 0) is 37.8 Å². The van der Waals surface area contributed by atoms with E-state index in [0.717, 1.165) is 37.7 Å². The predicted octanol–water partition coefficient (Wildman–Crippen LogP) is 2.34. The van der Waals surface area contributed by atoms with Crippen LogP contribution in [0.4, 0.5) is 5.95 Å². The summed E-state index contributed by atoms with van der Waals surface area (Å²) in [5.74, 6) is 1.58. The van der Waals surface area contributed by atoms with Crippen LogP contribution in [0, 0.1) is 5.92 Å². The van der Waals surface area contributed by atoms with E-state index in [4.69, 9.17) is 10.7 Å². The minimum Gasteiger partial charge on any atom is -0.341 e. The van der Waals surface area contributed by atoms with E-state index in [1.165, 1.54) is 12.8 Å². The summed E-state index contributed by atoms with van der Waals surface area (Å²) in [6.07, 6.45) is 5.49. The Morgan fingerprint density at radius 3 is 2.89 bits per heavy atom. The number of aromatic nitrogens is 2. The van der Waals surface area contributed by atoms with Gasteiger partial charge < -0.3 is 10.6 Å². The van der Waals surface area contributed by atoms with Gasteiger partial charge in [0.1, 0.15) is 0 Å². The number of hydrogen-bond donors (Lipinski definition) is 1. The second-order valence-corrected chi connectivity index (χ2v) is 6.52. The maximum atomic E-state index is 5.67. The van der Waals surface area contributed by atoms with Crippen LogP contribution in [0.15, 0.2) is 12.3 Å². The van der Waals surface area contributed by atoms with Gasteiger partial charge in [-0.1, -0.05) is 20.8 Å². The second kappa shape index (κ2) is 5.87. The van der Waals surface area contributed by atoms with E-state index in [0.29, 0.717) is 5.92 Å². The molecular weight excluding hydrogens is 236 g/mol. The Balaban J connectivity index is 2.13. The molecule has 0 amide bonds. The van der Waals surface area contributed by atoms with Crippen LogP contribution < -0.4 is 10.6 Å². The molecule has 4 heteroatoms. The lowest BCUT2D eigenvalue weighted by Crippen LogP contribution is -2.37. The van der Waals surface area contributed by atoms with Crippen molar-refractivity contribution in [1.82, 2.24) is 9.97 Å². The van der Waals surface area contributed by atoms with E-state index < -0.39 is 0 Å². The van der Waals surface area contributed by atoms with E-state index in [2.05, 4.69) is 30.7 Å². The first-order chi connectivity index (χ1) is 9.00. The van der Waals surface area contributed by atoms with Crippen LogP contribution in [-0.2, 0) is 5.41 Å². The summed E-state index contributed by atoms with van der Waals surface area (Å²) in [7, 11) is 0. The molecule has 1 aliphatic rings. The fourth-order valence-corrected chi connectivity index (χ4v) is 2.64. The van der Waals surface area contributed by atoms with E-state index in [1.807, 2.05) is 12.3 Å². The van der Waals surface area contributed by atoms with Crippen LogP contribution in [0.5, 0.6) is 0 Å². The van der Waals surface area contributed by atoms with Crippen molar-refractivity contribution in [2.45, 2.75) is 45.4 Å². The second-order valence-electron chi connectivity index (χ2n) is 6.52. The molecule has 4 nitrogen and oxygen atoms in total. The monoisotopic (exact) mass is 262 g/mol. The third-order valence-electron chi connectivity index (χ3n) is 3.79. The lowest BCUT2D eigenvalue weighted by Gasteiger charge is -2.33. The smallest absolute Gasteiger partial charge is 0.225 e. The molecule has 1 aromatic heterocycles. The molecule has 1 unspecified atom stereocenters. The Kier molecular flexibility index (Phi) is 4.40. The number of rotatable bonds is 3. The molecule has 1 fully saturated rings. The Bertz CT molecular complexity index is 409. The van der Waals surface area contributed by atoms with Crippen molar-refractivity contribution in [3.05, 3.63) is 18.0 Å². The van der Waals surface area contributed by atoms with Crippen molar-refractivity contribution >= 4 is 5.95 Å². The summed E-state index contributed by atoms with van der Waals surface area (Å²) in [6.45, 7) is 9.45. The zero-order valence-electron chi connectivity index (χ0n) is 12.4. The lowest BCUT2D eigenvalue weighted by molar-refractivity contribution is 0.392. The first-order valence-electron chi connectivity index (χ1n) is 7.29. The number of piperidine rings is 1. The number of hydrogen-bond acceptors (Lipinski definition) is 4. The average Bonchev–Trinajstić information content (AvgIpc) is 2.39. The molecule has 0 aliphatic carbocycles. The maximum Gasteiger partial charge on any atom is 0.225 e. The van der Waals surface area contributed by atoms with Crippen LogP contribution in [0.25, 0.3) is 0 Å². The minimum atomic E-state index is 0.0735. The molecule has 1 atom stereocenters. The molecule has 2 heterocycles. The van der Waals surface area contributed by atoms with Crippen molar-refractivity contribution in [1.29, 1.82) is 0 Å². The van der Waals surface area contributed by atoms with Gasteiger partial charge in [-0.2, -0.15) is 0 Å². The zero-order valence-corrected chi connectivity index (χ0v) is 12.4. The van der Waals surface area contributed by atoms with Crippen molar-refractivity contribution in [2.75, 3.05) is 24.5 Å². The third kappa shape index (κ3) is 3.66. The van der Waals surface area contributed by atoms with Crippen LogP contribution in [0.1, 0.15) is 45.7 Å². The summed E-state index contributed by atoms with van der Waals surface area (Å²) in [6, 6.07) is 2.02. The van der Waals surface area contributed by atoms with E-state index in [1.54, 1.807) is 0 Å². The van der Waals surface area contributed by atoms with Crippen LogP contribution in [-0.4, -0.2) is 29.6 Å². The normalized spacial score (nSPS) is 20.6. The SMILES string of the molecule is CC(C)(C)c1ccnc(N2CCCC(CCN)C2)n1. The molecule has 0 aromatic carbocycles. The number of nitrogens with two attached hydrogens (primary N) is 1. The van der Waals surface area contributed by atoms with Gasteiger partial charge in [-0.3, -0.25) is 0 Å². The largest absolute Gasteiger partial charge is 0.341 e. The van der Waals surface area contributed by atoms with Gasteiger partial charge in [-0.15, -0.1) is 0 Å². The molecule has 1 aromatic rings. The van der Waals surface area contributed by atoms with E-state index in [-0.39, 0.29) is 5.41 Å². The molecule has 0 spiro atoms. The van der Waals surface area contributed by atoms with Gasteiger partial charge in [0.05, 0.1) is 5.69 Å². The Morgan fingerprint density at radius 1 is 1.42 bits per heavy atom. The minimum absolute atomic E-state index is 0.0735. The van der Waals surface area contributed by atoms with Crippen molar-refractivity contribution in [3.8, 4) is 0 Å². The van der Waals surface area contributed by atoms with E-state index in [9.17, 15) is 0 Å². The van der Waals surface area contributed by atoms with Crippen molar-refractivity contribution in [3.63, 3.8) is 0 Å². The standard InChI is InChI=1S/C15H26N4/c1-15(2,3)13-7-9-17-14(18-13)19-10-4-5-12(11-19)6-8-16/h7,9,12H,4-6,8,10-11,16H2,1-3H3. The number of anilines is 1. The lowest BCUT2D eigenvalue weighted by atomic mass is 9.92. The van der Waals surface area contributed by atoms with Gasteiger partial charge >= 0.3 is 0 Å². The molecular formula is C15H26N4. The van der Waals surface area contributed by atoms with Gasteiger partial charge in [0.25, 0.3) is 0 Å². The molecule has 0 bridgehead atoms. The summed E-state index contributed by atoms with van der Waals surface area (Å²) in [5, 5.41) is 0. The van der Waals surface area contributed by atoms with E-state index >= 15 is 0 Å². The van der Waals surface area contributed by atoms with Gasteiger partial charge in [0.2, 0.25) is 5.95 Å². The maximum absolute atomic E-state index is 5.67.